The summed E-state index contributed by atoms with van der Waals surface area (Å²) in [6.07, 6.45) is 10.4. The maximum atomic E-state index is 12.5. The van der Waals surface area contributed by atoms with Crippen LogP contribution in [0.1, 0.15) is 72.1 Å². The molecule has 3 aliphatic carbocycles. The van der Waals surface area contributed by atoms with E-state index in [4.69, 9.17) is 3.32 Å². The van der Waals surface area contributed by atoms with Crippen LogP contribution in [-0.2, 0) is 25.1 Å². The molecule has 0 saturated heterocycles. The summed E-state index contributed by atoms with van der Waals surface area (Å²) in [5.74, 6) is 0.00492. The van der Waals surface area contributed by atoms with E-state index >= 15 is 0 Å². The van der Waals surface area contributed by atoms with Crippen LogP contribution in [0.15, 0.2) is 22.3 Å². The van der Waals surface area contributed by atoms with E-state index < -0.39 is 22.4 Å². The van der Waals surface area contributed by atoms with Gasteiger partial charge < -0.3 is 0 Å². The Hall–Kier alpha value is -0.336. The van der Waals surface area contributed by atoms with Crippen LogP contribution in [0.2, 0.25) is 14.7 Å². The second-order valence-corrected chi connectivity index (χ2v) is 15.3. The Morgan fingerprint density at radius 3 is 1.78 bits per heavy atom. The number of hydrogen-bond donors (Lipinski definition) is 0. The third kappa shape index (κ3) is 3.26. The molecule has 0 bridgehead atoms. The zero-order chi connectivity index (χ0) is 16.8. The second kappa shape index (κ2) is 6.19. The molecule has 23 heavy (non-hydrogen) atoms. The quantitative estimate of drug-likeness (QED) is 0.546. The number of allylic oxidation sites excluding steroid dienone is 4. The fraction of sp³-hybridized carbons (Fsp3) is 0.750. The predicted octanol–water partition coefficient (Wildman–Crippen LogP) is 6.28. The SMILES string of the molecule is CC(C)(C)C(=O)[O][Ti]([CH3])([CH3])[CH]1C2=C(CCCC2)C2=C1CCCC2. The number of carbonyl (C=O) groups excluding carboxylic acids is 1. The fourth-order valence-electron chi connectivity index (χ4n) is 4.68. The van der Waals surface area contributed by atoms with Crippen LogP contribution < -0.4 is 0 Å². The van der Waals surface area contributed by atoms with E-state index in [0.29, 0.717) is 4.22 Å². The molecule has 0 aliphatic heterocycles. The fourth-order valence-corrected chi connectivity index (χ4v) is 9.71. The van der Waals surface area contributed by atoms with Gasteiger partial charge in [-0.1, -0.05) is 0 Å². The minimum absolute atomic E-state index is 0.00492. The van der Waals surface area contributed by atoms with Crippen LogP contribution in [0, 0.1) is 5.41 Å². The summed E-state index contributed by atoms with van der Waals surface area (Å²) in [6.45, 7) is 5.91. The molecule has 0 heterocycles. The minimum atomic E-state index is -2.72. The van der Waals surface area contributed by atoms with E-state index in [1.807, 2.05) is 20.8 Å². The van der Waals surface area contributed by atoms with Gasteiger partial charge in [-0.05, 0) is 0 Å². The first kappa shape index (κ1) is 17.5. The molecule has 0 aromatic carbocycles. The van der Waals surface area contributed by atoms with Crippen LogP contribution in [0.3, 0.4) is 0 Å². The van der Waals surface area contributed by atoms with Crippen LogP contribution in [0.25, 0.3) is 0 Å². The van der Waals surface area contributed by atoms with E-state index in [1.165, 1.54) is 51.4 Å². The third-order valence-corrected chi connectivity index (χ3v) is 10.1. The standard InChI is InChI=1S/C13H17.C5H10O2.2CH3.Ti/c1-3-7-12-10(5-1)9-11-6-2-4-8-13(11)12;1-5(2,3)4(6)7;;;/h9H,1-8H2;1-3H3,(H,6,7);2*1H3;/q;;;;+1/p-1. The van der Waals surface area contributed by atoms with Crippen molar-refractivity contribution in [3.05, 3.63) is 22.3 Å². The molecule has 0 aromatic heterocycles. The van der Waals surface area contributed by atoms with Gasteiger partial charge in [0.05, 0.1) is 0 Å². The summed E-state index contributed by atoms with van der Waals surface area (Å²) in [7, 11) is 0. The zero-order valence-electron chi connectivity index (χ0n) is 15.6. The number of fused-ring (bicyclic) bond motifs is 1. The zero-order valence-corrected chi connectivity index (χ0v) is 17.1. The molecule has 3 heteroatoms. The van der Waals surface area contributed by atoms with Crippen LogP contribution in [-0.4, -0.2) is 5.97 Å². The van der Waals surface area contributed by atoms with Gasteiger partial charge in [0.1, 0.15) is 0 Å². The Morgan fingerprint density at radius 1 is 0.913 bits per heavy atom. The third-order valence-electron chi connectivity index (χ3n) is 5.75. The van der Waals surface area contributed by atoms with Gasteiger partial charge in [0, 0.05) is 0 Å². The van der Waals surface area contributed by atoms with Gasteiger partial charge in [-0.25, -0.2) is 0 Å². The average molecular weight is 352 g/mol. The molecule has 3 aliphatic rings. The predicted molar refractivity (Wildman–Crippen MR) is 92.0 cm³/mol. The van der Waals surface area contributed by atoms with Gasteiger partial charge in [0.25, 0.3) is 0 Å². The van der Waals surface area contributed by atoms with Crippen molar-refractivity contribution in [1.82, 2.24) is 0 Å². The maximum absolute atomic E-state index is 12.5. The summed E-state index contributed by atoms with van der Waals surface area (Å²) in [5, 5.41) is 4.64. The molecule has 0 radical (unpaired) electrons. The number of hydrogen-bond acceptors (Lipinski definition) is 2. The van der Waals surface area contributed by atoms with Crippen molar-refractivity contribution in [2.45, 2.75) is 86.8 Å². The Labute approximate surface area is 145 Å². The molecule has 128 valence electrons. The molecule has 0 fully saturated rings. The molecule has 0 aromatic rings. The first-order valence-corrected chi connectivity index (χ1v) is 14.1. The van der Waals surface area contributed by atoms with E-state index in [0.717, 1.165) is 0 Å². The molecule has 0 saturated carbocycles. The molecule has 0 atom stereocenters. The summed E-state index contributed by atoms with van der Waals surface area (Å²) >= 11 is -2.72. The molecule has 0 amide bonds. The molecular weight excluding hydrogens is 320 g/mol. The number of carbonyl (C=O) groups is 1. The van der Waals surface area contributed by atoms with Crippen LogP contribution in [0.5, 0.6) is 0 Å². The monoisotopic (exact) mass is 352 g/mol. The topological polar surface area (TPSA) is 26.3 Å². The first-order valence-electron chi connectivity index (χ1n) is 9.39. The second-order valence-electron chi connectivity index (χ2n) is 9.10. The van der Waals surface area contributed by atoms with E-state index in [-0.39, 0.29) is 5.97 Å². The molecule has 3 rings (SSSR count). The van der Waals surface area contributed by atoms with E-state index in [9.17, 15) is 4.79 Å². The molecule has 0 spiro atoms. The summed E-state index contributed by atoms with van der Waals surface area (Å²) in [5.41, 5.74) is 6.38. The van der Waals surface area contributed by atoms with Crippen molar-refractivity contribution in [1.29, 1.82) is 0 Å². The summed E-state index contributed by atoms with van der Waals surface area (Å²) < 4.78 is 6.78. The summed E-state index contributed by atoms with van der Waals surface area (Å²) in [6, 6.07) is 0. The number of rotatable bonds is 2. The van der Waals surface area contributed by atoms with E-state index in [2.05, 4.69) is 10.5 Å². The Balaban J connectivity index is 1.94. The van der Waals surface area contributed by atoms with Crippen LogP contribution >= 0.6 is 0 Å². The molecule has 0 N–H and O–H groups in total. The van der Waals surface area contributed by atoms with Crippen molar-refractivity contribution >= 4 is 5.97 Å². The van der Waals surface area contributed by atoms with Gasteiger partial charge >= 0.3 is 146 Å². The average Bonchev–Trinajstić information content (AvgIpc) is 2.81. The van der Waals surface area contributed by atoms with Crippen molar-refractivity contribution in [3.8, 4) is 0 Å². The normalized spacial score (nSPS) is 23.0. The van der Waals surface area contributed by atoms with Gasteiger partial charge in [-0.2, -0.15) is 0 Å². The Bertz CT molecular complexity index is 543. The Morgan fingerprint density at radius 2 is 1.35 bits per heavy atom. The van der Waals surface area contributed by atoms with Gasteiger partial charge in [0.2, 0.25) is 0 Å². The van der Waals surface area contributed by atoms with Crippen molar-refractivity contribution in [3.63, 3.8) is 0 Å². The molecule has 0 unspecified atom stereocenters. The molecule has 2 nitrogen and oxygen atoms in total. The van der Waals surface area contributed by atoms with Gasteiger partial charge in [-0.15, -0.1) is 0 Å². The van der Waals surface area contributed by atoms with Gasteiger partial charge in [-0.3, -0.25) is 0 Å². The van der Waals surface area contributed by atoms with E-state index in [1.54, 1.807) is 22.3 Å². The Kier molecular flexibility index (Phi) is 4.70. The van der Waals surface area contributed by atoms with Crippen LogP contribution in [0.4, 0.5) is 0 Å². The van der Waals surface area contributed by atoms with Gasteiger partial charge in [0.15, 0.2) is 0 Å². The van der Waals surface area contributed by atoms with Crippen molar-refractivity contribution in [2.75, 3.05) is 0 Å². The summed E-state index contributed by atoms with van der Waals surface area (Å²) in [4.78, 5) is 12.5. The van der Waals surface area contributed by atoms with Crippen molar-refractivity contribution < 1.29 is 25.1 Å². The van der Waals surface area contributed by atoms with Crippen molar-refractivity contribution in [2.24, 2.45) is 5.41 Å². The first-order chi connectivity index (χ1) is 10.7. The molecular formula is C20H32O2Ti.